The average Bonchev–Trinajstić information content (AvgIpc) is 3.24. The second kappa shape index (κ2) is 8.78. The molecule has 4 rings (SSSR count). The van der Waals surface area contributed by atoms with Gasteiger partial charge >= 0.3 is 0 Å². The molecule has 1 saturated carbocycles. The van der Waals surface area contributed by atoms with Crippen molar-refractivity contribution in [2.45, 2.75) is 50.5 Å². The lowest BCUT2D eigenvalue weighted by Gasteiger charge is -2.22. The van der Waals surface area contributed by atoms with Gasteiger partial charge in [0.15, 0.2) is 0 Å². The molecule has 1 aliphatic heterocycles. The number of nitrogens with one attached hydrogen (secondary N) is 2. The van der Waals surface area contributed by atoms with E-state index in [4.69, 9.17) is 0 Å². The van der Waals surface area contributed by atoms with E-state index in [1.54, 1.807) is 0 Å². The molecule has 0 bridgehead atoms. The van der Waals surface area contributed by atoms with E-state index in [0.717, 1.165) is 24.3 Å². The lowest BCUT2D eigenvalue weighted by Crippen LogP contribution is -2.29. The monoisotopic (exact) mass is 379 g/mol. The molecular weight excluding hydrogens is 346 g/mol. The van der Waals surface area contributed by atoms with Crippen LogP contribution < -0.4 is 15.5 Å². The molecule has 2 fully saturated rings. The van der Waals surface area contributed by atoms with E-state index in [9.17, 15) is 4.79 Å². The molecule has 4 nitrogen and oxygen atoms in total. The van der Waals surface area contributed by atoms with Crippen LogP contribution in [0.3, 0.4) is 0 Å². The molecule has 1 saturated heterocycles. The van der Waals surface area contributed by atoms with Gasteiger partial charge in [-0.1, -0.05) is 31.4 Å². The zero-order valence-electron chi connectivity index (χ0n) is 16.8. The van der Waals surface area contributed by atoms with Crippen molar-refractivity contribution in [2.24, 2.45) is 0 Å². The summed E-state index contributed by atoms with van der Waals surface area (Å²) in [6.07, 6.45) is 7.76. The van der Waals surface area contributed by atoms with E-state index in [1.165, 1.54) is 49.8 Å². The fourth-order valence-corrected chi connectivity index (χ4v) is 4.53. The summed E-state index contributed by atoms with van der Waals surface area (Å²) >= 11 is 0. The first kappa shape index (κ1) is 19.0. The number of carbonyl (C=O) groups excluding carboxylic acids is 1. The zero-order valence-corrected chi connectivity index (χ0v) is 16.8. The summed E-state index contributed by atoms with van der Waals surface area (Å²) in [6.45, 7) is 2.11. The Hall–Kier alpha value is -2.33. The molecule has 1 atom stereocenters. The van der Waals surface area contributed by atoms with E-state index < -0.39 is 0 Å². The third-order valence-electron chi connectivity index (χ3n) is 6.34. The molecular formula is C24H33N3O. The Morgan fingerprint density at radius 3 is 2.32 bits per heavy atom. The van der Waals surface area contributed by atoms with Crippen molar-refractivity contribution >= 4 is 17.3 Å². The van der Waals surface area contributed by atoms with E-state index in [0.29, 0.717) is 12.0 Å². The van der Waals surface area contributed by atoms with Gasteiger partial charge < -0.3 is 15.5 Å². The van der Waals surface area contributed by atoms with Gasteiger partial charge in [-0.15, -0.1) is 0 Å². The van der Waals surface area contributed by atoms with Crippen LogP contribution >= 0.6 is 0 Å². The molecule has 2 aliphatic rings. The summed E-state index contributed by atoms with van der Waals surface area (Å²) in [7, 11) is 2.02. The predicted molar refractivity (Wildman–Crippen MR) is 118 cm³/mol. The third-order valence-corrected chi connectivity index (χ3v) is 6.34. The van der Waals surface area contributed by atoms with Crippen LogP contribution in [0.2, 0.25) is 0 Å². The van der Waals surface area contributed by atoms with Crippen LogP contribution in [0.15, 0.2) is 48.5 Å². The number of hydrogen-bond donors (Lipinski definition) is 2. The highest BCUT2D eigenvalue weighted by Crippen LogP contribution is 2.32. The van der Waals surface area contributed by atoms with Crippen LogP contribution in [0.1, 0.15) is 61.8 Å². The topological polar surface area (TPSA) is 44.4 Å². The van der Waals surface area contributed by atoms with Crippen molar-refractivity contribution in [1.29, 1.82) is 0 Å². The van der Waals surface area contributed by atoms with Crippen molar-refractivity contribution in [3.63, 3.8) is 0 Å². The maximum atomic E-state index is 12.6. The summed E-state index contributed by atoms with van der Waals surface area (Å²) in [5.41, 5.74) is 4.16. The Kier molecular flexibility index (Phi) is 5.96. The normalized spacial score (nSPS) is 20.3. The number of carbonyl (C=O) groups is 1. The maximum Gasteiger partial charge on any atom is 0.255 e. The van der Waals surface area contributed by atoms with Gasteiger partial charge in [0.1, 0.15) is 0 Å². The fourth-order valence-electron chi connectivity index (χ4n) is 4.53. The van der Waals surface area contributed by atoms with Crippen LogP contribution in [-0.4, -0.2) is 32.1 Å². The standard InChI is InChI=1S/C24H31N3O.H2/c1-25-22-15-16-27(17-22)23-13-11-21(12-14-23)26-24(28)20-9-7-19(8-10-20)18-5-3-2-4-6-18;/h7-14,18,22,25H,2-6,15-17H2,1H3,(H,26,28);1H. The van der Waals surface area contributed by atoms with E-state index in [2.05, 4.69) is 39.8 Å². The highest BCUT2D eigenvalue weighted by atomic mass is 16.1. The molecule has 2 aromatic rings. The molecule has 1 aliphatic carbocycles. The number of benzene rings is 2. The molecule has 0 radical (unpaired) electrons. The number of hydrogen-bond acceptors (Lipinski definition) is 3. The molecule has 2 aromatic carbocycles. The maximum absolute atomic E-state index is 12.6. The van der Waals surface area contributed by atoms with E-state index in [1.807, 2.05) is 31.3 Å². The smallest absolute Gasteiger partial charge is 0.255 e. The summed E-state index contributed by atoms with van der Waals surface area (Å²) in [6, 6.07) is 17.0. The summed E-state index contributed by atoms with van der Waals surface area (Å²) < 4.78 is 0. The first-order valence-corrected chi connectivity index (χ1v) is 10.7. The van der Waals surface area contributed by atoms with Crippen LogP contribution in [0.4, 0.5) is 11.4 Å². The number of anilines is 2. The van der Waals surface area contributed by atoms with Crippen LogP contribution in [0, 0.1) is 0 Å². The molecule has 28 heavy (non-hydrogen) atoms. The van der Waals surface area contributed by atoms with E-state index >= 15 is 0 Å². The minimum Gasteiger partial charge on any atom is -0.370 e. The van der Waals surface area contributed by atoms with Gasteiger partial charge in [0, 0.05) is 37.5 Å². The Bertz CT molecular complexity index is 785. The number of nitrogens with zero attached hydrogens (tertiary/aromatic N) is 1. The minimum atomic E-state index is -0.0423. The first-order valence-electron chi connectivity index (χ1n) is 10.7. The Morgan fingerprint density at radius 2 is 1.68 bits per heavy atom. The highest BCUT2D eigenvalue weighted by Gasteiger charge is 2.21. The Balaban J connectivity index is 0.00000240. The lowest BCUT2D eigenvalue weighted by atomic mass is 9.84. The van der Waals surface area contributed by atoms with Gasteiger partial charge in [-0.2, -0.15) is 0 Å². The van der Waals surface area contributed by atoms with Crippen molar-refractivity contribution in [1.82, 2.24) is 5.32 Å². The van der Waals surface area contributed by atoms with Crippen LogP contribution in [0.5, 0.6) is 0 Å². The van der Waals surface area contributed by atoms with Crippen LogP contribution in [0.25, 0.3) is 0 Å². The van der Waals surface area contributed by atoms with Gasteiger partial charge in [0.05, 0.1) is 0 Å². The van der Waals surface area contributed by atoms with Crippen molar-refractivity contribution < 1.29 is 6.22 Å². The summed E-state index contributed by atoms with van der Waals surface area (Å²) in [5, 5.41) is 6.37. The molecule has 4 heteroatoms. The molecule has 150 valence electrons. The Morgan fingerprint density at radius 1 is 0.964 bits per heavy atom. The van der Waals surface area contributed by atoms with Crippen molar-refractivity contribution in [3.05, 3.63) is 59.7 Å². The molecule has 0 spiro atoms. The van der Waals surface area contributed by atoms with Crippen molar-refractivity contribution in [2.75, 3.05) is 30.4 Å². The van der Waals surface area contributed by atoms with Crippen molar-refractivity contribution in [3.8, 4) is 0 Å². The fraction of sp³-hybridized carbons (Fsp3) is 0.458. The average molecular weight is 380 g/mol. The molecule has 1 heterocycles. The van der Waals surface area contributed by atoms with Gasteiger partial charge in [-0.05, 0) is 74.2 Å². The Labute approximate surface area is 169 Å². The summed E-state index contributed by atoms with van der Waals surface area (Å²) in [5.74, 6) is 0.630. The van der Waals surface area contributed by atoms with Crippen LogP contribution in [-0.2, 0) is 0 Å². The molecule has 0 aromatic heterocycles. The van der Waals surface area contributed by atoms with Gasteiger partial charge in [0.2, 0.25) is 0 Å². The quantitative estimate of drug-likeness (QED) is 0.766. The lowest BCUT2D eigenvalue weighted by molar-refractivity contribution is 0.102. The predicted octanol–water partition coefficient (Wildman–Crippen LogP) is 5.03. The highest BCUT2D eigenvalue weighted by molar-refractivity contribution is 6.04. The molecule has 1 amide bonds. The van der Waals surface area contributed by atoms with Gasteiger partial charge in [-0.25, -0.2) is 0 Å². The molecule has 1 unspecified atom stereocenters. The summed E-state index contributed by atoms with van der Waals surface area (Å²) in [4.78, 5) is 15.0. The van der Waals surface area contributed by atoms with E-state index in [-0.39, 0.29) is 7.33 Å². The SMILES string of the molecule is CNC1CCN(c2ccc(NC(=O)c3ccc(C4CCCCC4)cc3)cc2)C1.[HH]. The zero-order chi connectivity index (χ0) is 19.3. The largest absolute Gasteiger partial charge is 0.370 e. The number of rotatable bonds is 5. The second-order valence-electron chi connectivity index (χ2n) is 8.18. The van der Waals surface area contributed by atoms with Gasteiger partial charge in [-0.3, -0.25) is 4.79 Å². The minimum absolute atomic E-state index is 0. The molecule has 2 N–H and O–H groups in total. The second-order valence-corrected chi connectivity index (χ2v) is 8.18. The third kappa shape index (κ3) is 4.39. The van der Waals surface area contributed by atoms with Gasteiger partial charge in [0.25, 0.3) is 5.91 Å². The number of amides is 1. The number of likely N-dealkylation sites (N-methyl/N-ethyl adjacent to an activating group) is 1. The first-order chi connectivity index (χ1) is 13.7.